The Kier molecular flexibility index (Phi) is 7.77. The molecule has 0 radical (unpaired) electrons. The quantitative estimate of drug-likeness (QED) is 0.614. The first-order valence-electron chi connectivity index (χ1n) is 10.2. The molecule has 7 nitrogen and oxygen atoms in total. The molecule has 1 amide bonds. The highest BCUT2D eigenvalue weighted by atomic mass is 32.2. The molecule has 0 bridgehead atoms. The smallest absolute Gasteiger partial charge is 0.251 e. The van der Waals surface area contributed by atoms with Gasteiger partial charge in [0.15, 0.2) is 0 Å². The number of amides is 1. The molecule has 31 heavy (non-hydrogen) atoms. The molecule has 168 valence electrons. The molecule has 2 N–H and O–H groups in total. The van der Waals surface area contributed by atoms with E-state index in [1.54, 1.807) is 18.2 Å². The summed E-state index contributed by atoms with van der Waals surface area (Å²) in [5.41, 5.74) is 0.969. The Morgan fingerprint density at radius 3 is 2.68 bits per heavy atom. The number of ether oxygens (including phenoxy) is 1. The van der Waals surface area contributed by atoms with Crippen LogP contribution in [-0.4, -0.2) is 59.1 Å². The van der Waals surface area contributed by atoms with Crippen molar-refractivity contribution in [3.8, 4) is 0 Å². The zero-order valence-corrected chi connectivity index (χ0v) is 18.5. The lowest BCUT2D eigenvalue weighted by molar-refractivity contribution is 0.0941. The predicted molar refractivity (Wildman–Crippen MR) is 116 cm³/mol. The van der Waals surface area contributed by atoms with Crippen LogP contribution in [0.4, 0.5) is 4.39 Å². The van der Waals surface area contributed by atoms with Crippen LogP contribution in [-0.2, 0) is 14.8 Å². The van der Waals surface area contributed by atoms with Crippen molar-refractivity contribution < 1.29 is 22.3 Å². The molecular weight excluding hydrogens is 421 g/mol. The molecule has 2 atom stereocenters. The highest BCUT2D eigenvalue weighted by Crippen LogP contribution is 2.19. The van der Waals surface area contributed by atoms with Gasteiger partial charge in [-0.25, -0.2) is 17.5 Å². The van der Waals surface area contributed by atoms with Crippen LogP contribution in [0.25, 0.3) is 0 Å². The van der Waals surface area contributed by atoms with Crippen LogP contribution in [0.2, 0.25) is 0 Å². The van der Waals surface area contributed by atoms with E-state index in [-0.39, 0.29) is 41.5 Å². The molecule has 0 aromatic heterocycles. The number of carbonyl (C=O) groups is 1. The van der Waals surface area contributed by atoms with Gasteiger partial charge in [-0.05, 0) is 62.8 Å². The second-order valence-corrected chi connectivity index (χ2v) is 9.53. The Balaban J connectivity index is 1.66. The minimum atomic E-state index is -3.76. The molecule has 0 aliphatic carbocycles. The number of nitrogens with one attached hydrogen (secondary N) is 2. The number of hydrogen-bond donors (Lipinski definition) is 2. The average Bonchev–Trinajstić information content (AvgIpc) is 3.26. The maximum atomic E-state index is 13.6. The molecular formula is C22H28FN3O4S. The molecule has 1 fully saturated rings. The summed E-state index contributed by atoms with van der Waals surface area (Å²) in [4.78, 5) is 14.6. The lowest BCUT2D eigenvalue weighted by atomic mass is 10.1. The summed E-state index contributed by atoms with van der Waals surface area (Å²) in [7, 11) is -0.0723. The molecule has 3 rings (SSSR count). The highest BCUT2D eigenvalue weighted by Gasteiger charge is 2.22. The zero-order chi connectivity index (χ0) is 22.4. The van der Waals surface area contributed by atoms with Crippen LogP contribution in [0.15, 0.2) is 53.4 Å². The minimum Gasteiger partial charge on any atom is -0.377 e. The molecule has 1 saturated heterocycles. The second-order valence-electron chi connectivity index (χ2n) is 7.76. The van der Waals surface area contributed by atoms with Gasteiger partial charge in [0.2, 0.25) is 10.0 Å². The van der Waals surface area contributed by atoms with Crippen molar-refractivity contribution in [3.05, 3.63) is 65.5 Å². The second kappa shape index (κ2) is 10.3. The Labute approximate surface area is 182 Å². The van der Waals surface area contributed by atoms with E-state index in [1.165, 1.54) is 30.3 Å². The molecule has 0 saturated carbocycles. The van der Waals surface area contributed by atoms with Gasteiger partial charge in [0, 0.05) is 25.3 Å². The minimum absolute atomic E-state index is 0.0208. The lowest BCUT2D eigenvalue weighted by Gasteiger charge is -2.25. The van der Waals surface area contributed by atoms with Gasteiger partial charge in [-0.15, -0.1) is 0 Å². The SMILES string of the molecule is CN(C)[C@@H](CNC(=O)c1cccc(S(=O)(=O)NC[C@@H]2CCCO2)c1)c1cccc(F)c1. The summed E-state index contributed by atoms with van der Waals surface area (Å²) in [6.07, 6.45) is 1.63. The maximum Gasteiger partial charge on any atom is 0.251 e. The number of halogens is 1. The molecule has 2 aromatic carbocycles. The van der Waals surface area contributed by atoms with Gasteiger partial charge in [-0.3, -0.25) is 4.79 Å². The van der Waals surface area contributed by atoms with E-state index in [0.717, 1.165) is 18.4 Å². The van der Waals surface area contributed by atoms with E-state index >= 15 is 0 Å². The van der Waals surface area contributed by atoms with Crippen molar-refractivity contribution in [1.82, 2.24) is 14.9 Å². The van der Waals surface area contributed by atoms with Crippen LogP contribution in [0.1, 0.15) is 34.8 Å². The van der Waals surface area contributed by atoms with Crippen LogP contribution in [0, 0.1) is 5.82 Å². The Bertz CT molecular complexity index is 1010. The Morgan fingerprint density at radius 2 is 2.00 bits per heavy atom. The largest absolute Gasteiger partial charge is 0.377 e. The number of sulfonamides is 1. The number of likely N-dealkylation sites (N-methyl/N-ethyl adjacent to an activating group) is 1. The first-order chi connectivity index (χ1) is 14.8. The fraction of sp³-hybridized carbons (Fsp3) is 0.409. The molecule has 9 heteroatoms. The molecule has 0 spiro atoms. The van der Waals surface area contributed by atoms with Crippen molar-refractivity contribution >= 4 is 15.9 Å². The fourth-order valence-electron chi connectivity index (χ4n) is 3.50. The van der Waals surface area contributed by atoms with E-state index in [1.807, 2.05) is 19.0 Å². The van der Waals surface area contributed by atoms with Gasteiger partial charge in [-0.1, -0.05) is 18.2 Å². The summed E-state index contributed by atoms with van der Waals surface area (Å²) < 4.78 is 46.8. The third-order valence-corrected chi connectivity index (χ3v) is 6.67. The average molecular weight is 450 g/mol. The van der Waals surface area contributed by atoms with Crippen LogP contribution in [0.3, 0.4) is 0 Å². The van der Waals surface area contributed by atoms with Crippen molar-refractivity contribution in [2.45, 2.75) is 29.9 Å². The van der Waals surface area contributed by atoms with Crippen molar-refractivity contribution in [3.63, 3.8) is 0 Å². The Hall–Kier alpha value is -2.33. The first-order valence-corrected chi connectivity index (χ1v) is 11.7. The summed E-state index contributed by atoms with van der Waals surface area (Å²) in [6, 6.07) is 11.9. The van der Waals surface area contributed by atoms with E-state index in [2.05, 4.69) is 10.0 Å². The number of carbonyl (C=O) groups excluding carboxylic acids is 1. The maximum absolute atomic E-state index is 13.6. The zero-order valence-electron chi connectivity index (χ0n) is 17.7. The summed E-state index contributed by atoms with van der Waals surface area (Å²) in [5.74, 6) is -0.747. The standard InChI is InChI=1S/C22H28FN3O4S/c1-26(2)21(16-6-3-8-18(23)12-16)15-24-22(27)17-7-4-10-20(13-17)31(28,29)25-14-19-9-5-11-30-19/h3-4,6-8,10,12-13,19,21,25H,5,9,11,14-15H2,1-2H3,(H,24,27)/t19-,21-/m0/s1. The van der Waals surface area contributed by atoms with E-state index < -0.39 is 15.9 Å². The van der Waals surface area contributed by atoms with Crippen LogP contribution < -0.4 is 10.0 Å². The molecule has 2 aromatic rings. The molecule has 0 unspecified atom stereocenters. The normalized spacial score (nSPS) is 17.6. The van der Waals surface area contributed by atoms with Gasteiger partial charge >= 0.3 is 0 Å². The van der Waals surface area contributed by atoms with E-state index in [4.69, 9.17) is 4.74 Å². The first kappa shape index (κ1) is 23.3. The van der Waals surface area contributed by atoms with Crippen molar-refractivity contribution in [2.24, 2.45) is 0 Å². The van der Waals surface area contributed by atoms with Crippen LogP contribution in [0.5, 0.6) is 0 Å². The summed E-state index contributed by atoms with van der Waals surface area (Å²) in [6.45, 7) is 1.09. The Morgan fingerprint density at radius 1 is 1.23 bits per heavy atom. The fourth-order valence-corrected chi connectivity index (χ4v) is 4.61. The molecule has 1 heterocycles. The number of benzene rings is 2. The van der Waals surface area contributed by atoms with Crippen molar-refractivity contribution in [1.29, 1.82) is 0 Å². The third-order valence-electron chi connectivity index (χ3n) is 5.24. The summed E-state index contributed by atoms with van der Waals surface area (Å²) in [5, 5.41) is 2.82. The van der Waals surface area contributed by atoms with Gasteiger partial charge in [0.25, 0.3) is 5.91 Å². The predicted octanol–water partition coefficient (Wildman–Crippen LogP) is 2.32. The van der Waals surface area contributed by atoms with Gasteiger partial charge < -0.3 is 15.0 Å². The number of nitrogens with zero attached hydrogens (tertiary/aromatic N) is 1. The molecule has 1 aliphatic heterocycles. The number of rotatable bonds is 9. The van der Waals surface area contributed by atoms with Gasteiger partial charge in [0.1, 0.15) is 5.82 Å². The van der Waals surface area contributed by atoms with Gasteiger partial charge in [0.05, 0.1) is 17.0 Å². The summed E-state index contributed by atoms with van der Waals surface area (Å²) >= 11 is 0. The third kappa shape index (κ3) is 6.33. The van der Waals surface area contributed by atoms with E-state index in [0.29, 0.717) is 6.61 Å². The van der Waals surface area contributed by atoms with Crippen molar-refractivity contribution in [2.75, 3.05) is 33.8 Å². The number of hydrogen-bond acceptors (Lipinski definition) is 5. The topological polar surface area (TPSA) is 87.7 Å². The monoisotopic (exact) mass is 449 g/mol. The molecule has 1 aliphatic rings. The van der Waals surface area contributed by atoms with Gasteiger partial charge in [-0.2, -0.15) is 0 Å². The van der Waals surface area contributed by atoms with E-state index in [9.17, 15) is 17.6 Å². The lowest BCUT2D eigenvalue weighted by Crippen LogP contribution is -2.35. The van der Waals surface area contributed by atoms with Crippen LogP contribution >= 0.6 is 0 Å². The highest BCUT2D eigenvalue weighted by molar-refractivity contribution is 7.89.